The predicted molar refractivity (Wildman–Crippen MR) is 82.3 cm³/mol. The number of hydrogen-bond donors (Lipinski definition) is 1. The van der Waals surface area contributed by atoms with Gasteiger partial charge in [0.15, 0.2) is 0 Å². The molecule has 3 atom stereocenters. The van der Waals surface area contributed by atoms with E-state index in [1.165, 1.54) is 36.1 Å². The number of nitrogens with zero attached hydrogens (tertiary/aromatic N) is 1. The van der Waals surface area contributed by atoms with Gasteiger partial charge in [-0.05, 0) is 51.6 Å². The molecule has 1 aromatic carbocycles. The Kier molecular flexibility index (Phi) is 4.64. The fourth-order valence-corrected chi connectivity index (χ4v) is 3.26. The molecule has 1 aliphatic rings. The number of rotatable bonds is 3. The highest BCUT2D eigenvalue weighted by Crippen LogP contribution is 2.25. The van der Waals surface area contributed by atoms with Gasteiger partial charge >= 0.3 is 0 Å². The number of hydrogen-bond acceptors (Lipinski definition) is 2. The minimum Gasteiger partial charge on any atom is -0.323 e. The van der Waals surface area contributed by atoms with Gasteiger partial charge in [0.1, 0.15) is 0 Å². The average molecular weight is 260 g/mol. The molecule has 19 heavy (non-hydrogen) atoms. The molecule has 0 aromatic heterocycles. The molecule has 2 nitrogen and oxygen atoms in total. The maximum Gasteiger partial charge on any atom is 0.0424 e. The Morgan fingerprint density at radius 1 is 1.21 bits per heavy atom. The van der Waals surface area contributed by atoms with Gasteiger partial charge in [0.25, 0.3) is 0 Å². The van der Waals surface area contributed by atoms with Gasteiger partial charge in [0.05, 0.1) is 0 Å². The highest BCUT2D eigenvalue weighted by Gasteiger charge is 2.26. The summed E-state index contributed by atoms with van der Waals surface area (Å²) in [5.74, 6) is 0.792. The molecule has 1 fully saturated rings. The fraction of sp³-hybridized carbons (Fsp3) is 0.647. The van der Waals surface area contributed by atoms with E-state index in [1.54, 1.807) is 0 Å². The molecular formula is C17H28N2. The predicted octanol–water partition coefficient (Wildman–Crippen LogP) is 3.42. The number of likely N-dealkylation sites (tertiary alicyclic amines) is 1. The second kappa shape index (κ2) is 6.06. The summed E-state index contributed by atoms with van der Waals surface area (Å²) in [4.78, 5) is 2.57. The van der Waals surface area contributed by atoms with Crippen LogP contribution in [-0.2, 0) is 0 Å². The summed E-state index contributed by atoms with van der Waals surface area (Å²) >= 11 is 0. The van der Waals surface area contributed by atoms with Crippen molar-refractivity contribution in [2.75, 3.05) is 13.1 Å². The van der Waals surface area contributed by atoms with Crippen LogP contribution in [0.25, 0.3) is 0 Å². The molecule has 0 amide bonds. The average Bonchev–Trinajstić information content (AvgIpc) is 2.33. The van der Waals surface area contributed by atoms with Crippen molar-refractivity contribution < 1.29 is 0 Å². The number of benzene rings is 1. The van der Waals surface area contributed by atoms with Crippen molar-refractivity contribution in [1.29, 1.82) is 0 Å². The third-order valence-electron chi connectivity index (χ3n) is 4.61. The summed E-state index contributed by atoms with van der Waals surface area (Å²) in [5.41, 5.74) is 10.3. The van der Waals surface area contributed by atoms with Crippen LogP contribution in [0.4, 0.5) is 0 Å². The van der Waals surface area contributed by atoms with E-state index < -0.39 is 0 Å². The van der Waals surface area contributed by atoms with Gasteiger partial charge < -0.3 is 5.73 Å². The molecule has 2 N–H and O–H groups in total. The van der Waals surface area contributed by atoms with Crippen LogP contribution in [0, 0.1) is 19.8 Å². The molecule has 1 aliphatic heterocycles. The zero-order chi connectivity index (χ0) is 14.0. The van der Waals surface area contributed by atoms with Crippen molar-refractivity contribution in [2.24, 2.45) is 11.7 Å². The summed E-state index contributed by atoms with van der Waals surface area (Å²) in [7, 11) is 0. The Morgan fingerprint density at radius 3 is 2.47 bits per heavy atom. The Balaban J connectivity index is 2.05. The van der Waals surface area contributed by atoms with E-state index in [0.29, 0.717) is 6.04 Å². The molecule has 0 radical (unpaired) electrons. The zero-order valence-electron chi connectivity index (χ0n) is 12.8. The molecule has 1 saturated heterocycles. The Bertz CT molecular complexity index is 407. The van der Waals surface area contributed by atoms with Gasteiger partial charge in [0.2, 0.25) is 0 Å². The van der Waals surface area contributed by atoms with E-state index in [0.717, 1.165) is 12.5 Å². The fourth-order valence-electron chi connectivity index (χ4n) is 3.26. The van der Waals surface area contributed by atoms with Crippen LogP contribution in [0.1, 0.15) is 49.4 Å². The topological polar surface area (TPSA) is 29.3 Å². The molecule has 0 aliphatic carbocycles. The standard InChI is InChI=1S/C17H28N2/c1-12-8-13(2)10-16(9-12)17(18)11-19-7-5-6-14(3)15(19)4/h8-10,14-15,17H,5-7,11,18H2,1-4H3. The third-order valence-corrected chi connectivity index (χ3v) is 4.61. The highest BCUT2D eigenvalue weighted by molar-refractivity contribution is 5.30. The van der Waals surface area contributed by atoms with Crippen molar-refractivity contribution in [3.8, 4) is 0 Å². The summed E-state index contributed by atoms with van der Waals surface area (Å²) in [6.07, 6.45) is 2.67. The second-order valence-electron chi connectivity index (χ2n) is 6.38. The van der Waals surface area contributed by atoms with E-state index in [4.69, 9.17) is 5.73 Å². The van der Waals surface area contributed by atoms with Crippen LogP contribution >= 0.6 is 0 Å². The van der Waals surface area contributed by atoms with Gasteiger partial charge in [-0.2, -0.15) is 0 Å². The highest BCUT2D eigenvalue weighted by atomic mass is 15.2. The van der Waals surface area contributed by atoms with Gasteiger partial charge in [-0.1, -0.05) is 36.2 Å². The molecule has 2 heteroatoms. The Labute approximate surface area is 118 Å². The van der Waals surface area contributed by atoms with Crippen molar-refractivity contribution >= 4 is 0 Å². The van der Waals surface area contributed by atoms with Crippen LogP contribution in [0.5, 0.6) is 0 Å². The minimum atomic E-state index is 0.131. The molecule has 0 bridgehead atoms. The van der Waals surface area contributed by atoms with E-state index in [9.17, 15) is 0 Å². The van der Waals surface area contributed by atoms with Gasteiger partial charge in [-0.3, -0.25) is 4.90 Å². The third kappa shape index (κ3) is 3.58. The first-order valence-electron chi connectivity index (χ1n) is 7.55. The Hall–Kier alpha value is -0.860. The first-order valence-corrected chi connectivity index (χ1v) is 7.55. The number of aryl methyl sites for hydroxylation is 2. The molecule has 0 saturated carbocycles. The molecular weight excluding hydrogens is 232 g/mol. The van der Waals surface area contributed by atoms with E-state index in [-0.39, 0.29) is 6.04 Å². The molecule has 3 unspecified atom stereocenters. The minimum absolute atomic E-state index is 0.131. The molecule has 2 rings (SSSR count). The number of nitrogens with two attached hydrogens (primary N) is 1. The smallest absolute Gasteiger partial charge is 0.0424 e. The SMILES string of the molecule is Cc1cc(C)cc(C(N)CN2CCCC(C)C2C)c1. The van der Waals surface area contributed by atoms with Crippen LogP contribution in [-0.4, -0.2) is 24.0 Å². The molecule has 106 valence electrons. The van der Waals surface area contributed by atoms with Crippen LogP contribution in [0.2, 0.25) is 0 Å². The summed E-state index contributed by atoms with van der Waals surface area (Å²) in [5, 5.41) is 0. The Morgan fingerprint density at radius 2 is 1.84 bits per heavy atom. The second-order valence-corrected chi connectivity index (χ2v) is 6.38. The van der Waals surface area contributed by atoms with Crippen molar-refractivity contribution in [1.82, 2.24) is 4.90 Å². The summed E-state index contributed by atoms with van der Waals surface area (Å²) in [6, 6.07) is 7.46. The van der Waals surface area contributed by atoms with E-state index in [2.05, 4.69) is 50.8 Å². The lowest BCUT2D eigenvalue weighted by Crippen LogP contribution is -2.45. The lowest BCUT2D eigenvalue weighted by molar-refractivity contribution is 0.107. The van der Waals surface area contributed by atoms with E-state index >= 15 is 0 Å². The zero-order valence-corrected chi connectivity index (χ0v) is 12.8. The van der Waals surface area contributed by atoms with Crippen LogP contribution in [0.3, 0.4) is 0 Å². The van der Waals surface area contributed by atoms with Gasteiger partial charge in [0, 0.05) is 18.6 Å². The molecule has 1 heterocycles. The molecule has 0 spiro atoms. The monoisotopic (exact) mass is 260 g/mol. The van der Waals surface area contributed by atoms with Gasteiger partial charge in [-0.15, -0.1) is 0 Å². The largest absolute Gasteiger partial charge is 0.323 e. The van der Waals surface area contributed by atoms with Crippen LogP contribution < -0.4 is 5.73 Å². The quantitative estimate of drug-likeness (QED) is 0.902. The van der Waals surface area contributed by atoms with Crippen molar-refractivity contribution in [3.63, 3.8) is 0 Å². The van der Waals surface area contributed by atoms with Crippen LogP contribution in [0.15, 0.2) is 18.2 Å². The maximum atomic E-state index is 6.43. The lowest BCUT2D eigenvalue weighted by Gasteiger charge is -2.39. The van der Waals surface area contributed by atoms with E-state index in [1.807, 2.05) is 0 Å². The van der Waals surface area contributed by atoms with Crippen molar-refractivity contribution in [3.05, 3.63) is 34.9 Å². The summed E-state index contributed by atoms with van der Waals surface area (Å²) in [6.45, 7) is 11.2. The number of piperidine rings is 1. The lowest BCUT2D eigenvalue weighted by atomic mass is 9.91. The van der Waals surface area contributed by atoms with Gasteiger partial charge in [-0.25, -0.2) is 0 Å². The van der Waals surface area contributed by atoms with Crippen molar-refractivity contribution in [2.45, 2.75) is 52.6 Å². The maximum absolute atomic E-state index is 6.43. The normalized spacial score (nSPS) is 26.4. The summed E-state index contributed by atoms with van der Waals surface area (Å²) < 4.78 is 0. The first-order chi connectivity index (χ1) is 8.97. The molecule has 1 aromatic rings. The first kappa shape index (κ1) is 14.5.